The van der Waals surface area contributed by atoms with Crippen LogP contribution in [0.3, 0.4) is 0 Å². The Morgan fingerprint density at radius 1 is 0.689 bits per heavy atom. The monoisotopic (exact) mass is 589 g/mol. The normalized spacial score (nSPS) is 19.1. The molecule has 1 saturated heterocycles. The number of carbonyl (C=O) groups excluding carboxylic acids is 1. The summed E-state index contributed by atoms with van der Waals surface area (Å²) in [6, 6.07) is 41.7. The van der Waals surface area contributed by atoms with Gasteiger partial charge in [0.2, 0.25) is 5.91 Å². The number of hydrogen-bond donors (Lipinski definition) is 0. The van der Waals surface area contributed by atoms with Crippen molar-refractivity contribution in [3.8, 4) is 0 Å². The molecular formula is C39H35N5O. The van der Waals surface area contributed by atoms with Crippen molar-refractivity contribution in [3.63, 3.8) is 0 Å². The molecule has 1 aliphatic carbocycles. The summed E-state index contributed by atoms with van der Waals surface area (Å²) in [6.45, 7) is 2.14. The van der Waals surface area contributed by atoms with Gasteiger partial charge in [0.05, 0.1) is 41.7 Å². The molecule has 0 radical (unpaired) electrons. The molecule has 2 aromatic heterocycles. The van der Waals surface area contributed by atoms with Crippen LogP contribution in [-0.2, 0) is 24.3 Å². The molecule has 222 valence electrons. The summed E-state index contributed by atoms with van der Waals surface area (Å²) in [5, 5.41) is 0. The number of benzene rings is 4. The van der Waals surface area contributed by atoms with Gasteiger partial charge in [-0.2, -0.15) is 0 Å². The van der Waals surface area contributed by atoms with Crippen LogP contribution < -0.4 is 0 Å². The zero-order valence-electron chi connectivity index (χ0n) is 25.1. The molecule has 0 unspecified atom stereocenters. The molecule has 3 atom stereocenters. The van der Waals surface area contributed by atoms with E-state index in [2.05, 4.69) is 117 Å². The van der Waals surface area contributed by atoms with Crippen LogP contribution in [0.15, 0.2) is 140 Å². The van der Waals surface area contributed by atoms with Gasteiger partial charge in [0.1, 0.15) is 0 Å². The maximum absolute atomic E-state index is 14.5. The maximum atomic E-state index is 14.5. The second kappa shape index (κ2) is 11.7. The van der Waals surface area contributed by atoms with Gasteiger partial charge < -0.3 is 14.0 Å². The molecule has 6 aromatic rings. The fraction of sp³-hybridized carbons (Fsp3) is 0.205. The highest BCUT2D eigenvalue weighted by atomic mass is 16.2. The minimum atomic E-state index is -0.156. The Morgan fingerprint density at radius 3 is 1.89 bits per heavy atom. The molecule has 0 spiro atoms. The molecule has 6 nitrogen and oxygen atoms in total. The third-order valence-corrected chi connectivity index (χ3v) is 9.54. The van der Waals surface area contributed by atoms with Crippen molar-refractivity contribution in [1.29, 1.82) is 0 Å². The molecule has 6 heteroatoms. The second-order valence-electron chi connectivity index (χ2n) is 12.3. The summed E-state index contributed by atoms with van der Waals surface area (Å²) in [5.74, 6) is 0.0702. The van der Waals surface area contributed by atoms with Crippen molar-refractivity contribution in [2.24, 2.45) is 11.8 Å². The standard InChI is InChI=1S/C39H35N5O/c45-39-32-21-34-38(43(27-41-34)23-29-15-7-2-8-16-29)36(35-25-42(26-40-35)22-28-13-5-1-6-14-28)33(32)24-44(39)37(30-17-9-3-10-18-30)31-19-11-4-12-20-31/h1-20,25-27,32-33,36-37H,21-24H2/t32-,33+,36+/m0/s1. The molecule has 4 aromatic carbocycles. The number of likely N-dealkylation sites (tertiary alicyclic amines) is 1. The minimum Gasteiger partial charge on any atom is -0.333 e. The second-order valence-corrected chi connectivity index (χ2v) is 12.3. The highest BCUT2D eigenvalue weighted by molar-refractivity contribution is 5.83. The molecule has 0 N–H and O–H groups in total. The van der Waals surface area contributed by atoms with E-state index in [9.17, 15) is 4.79 Å². The first-order valence-electron chi connectivity index (χ1n) is 15.8. The van der Waals surface area contributed by atoms with Crippen molar-refractivity contribution in [2.45, 2.75) is 31.5 Å². The van der Waals surface area contributed by atoms with Gasteiger partial charge in [-0.05, 0) is 22.3 Å². The van der Waals surface area contributed by atoms with E-state index in [0.717, 1.165) is 35.6 Å². The van der Waals surface area contributed by atoms with Gasteiger partial charge in [0.25, 0.3) is 0 Å². The maximum Gasteiger partial charge on any atom is 0.227 e. The molecule has 0 saturated carbocycles. The molecule has 2 aliphatic rings. The predicted molar refractivity (Wildman–Crippen MR) is 175 cm³/mol. The topological polar surface area (TPSA) is 56.0 Å². The predicted octanol–water partition coefficient (Wildman–Crippen LogP) is 6.73. The SMILES string of the molecule is O=C1[C@H]2Cc3ncn(Cc4ccccc4)c3[C@@H](c3cn(Cc4ccccc4)cn3)[C@@H]2CN1C(c1ccccc1)c1ccccc1. The Hall–Kier alpha value is -5.23. The van der Waals surface area contributed by atoms with E-state index in [-0.39, 0.29) is 29.7 Å². The average molecular weight is 590 g/mol. The summed E-state index contributed by atoms with van der Waals surface area (Å²) >= 11 is 0. The van der Waals surface area contributed by atoms with Gasteiger partial charge in [-0.25, -0.2) is 9.97 Å². The van der Waals surface area contributed by atoms with Crippen molar-refractivity contribution in [3.05, 3.63) is 180 Å². The molecule has 1 fully saturated rings. The summed E-state index contributed by atoms with van der Waals surface area (Å²) in [7, 11) is 0. The molecule has 45 heavy (non-hydrogen) atoms. The number of fused-ring (bicyclic) bond motifs is 2. The van der Waals surface area contributed by atoms with Crippen LogP contribution in [0.1, 0.15) is 51.3 Å². The third kappa shape index (κ3) is 5.16. The van der Waals surface area contributed by atoms with E-state index in [1.807, 2.05) is 36.9 Å². The van der Waals surface area contributed by atoms with E-state index in [1.54, 1.807) is 0 Å². The Morgan fingerprint density at radius 2 is 1.27 bits per heavy atom. The van der Waals surface area contributed by atoms with Crippen molar-refractivity contribution in [1.82, 2.24) is 24.0 Å². The number of rotatable bonds is 8. The van der Waals surface area contributed by atoms with Crippen LogP contribution in [0.2, 0.25) is 0 Å². The first-order chi connectivity index (χ1) is 22.2. The number of nitrogens with zero attached hydrogens (tertiary/aromatic N) is 5. The fourth-order valence-corrected chi connectivity index (χ4v) is 7.52. The zero-order valence-corrected chi connectivity index (χ0v) is 25.1. The molecule has 1 amide bonds. The summed E-state index contributed by atoms with van der Waals surface area (Å²) < 4.78 is 4.46. The highest BCUT2D eigenvalue weighted by Crippen LogP contribution is 2.49. The average Bonchev–Trinajstić information content (AvgIpc) is 3.80. The fourth-order valence-electron chi connectivity index (χ4n) is 7.52. The molecule has 1 aliphatic heterocycles. The van der Waals surface area contributed by atoms with Gasteiger partial charge in [-0.1, -0.05) is 121 Å². The van der Waals surface area contributed by atoms with Gasteiger partial charge in [0.15, 0.2) is 0 Å². The lowest BCUT2D eigenvalue weighted by atomic mass is 9.72. The Balaban J connectivity index is 1.20. The van der Waals surface area contributed by atoms with Crippen LogP contribution in [-0.4, -0.2) is 36.5 Å². The molecular weight excluding hydrogens is 554 g/mol. The lowest BCUT2D eigenvalue weighted by Crippen LogP contribution is -2.33. The lowest BCUT2D eigenvalue weighted by molar-refractivity contribution is -0.132. The summed E-state index contributed by atoms with van der Waals surface area (Å²) in [5.41, 5.74) is 7.92. The number of aromatic nitrogens is 4. The van der Waals surface area contributed by atoms with E-state index in [0.29, 0.717) is 13.0 Å². The highest BCUT2D eigenvalue weighted by Gasteiger charge is 2.52. The number of imidazole rings is 2. The van der Waals surface area contributed by atoms with Crippen LogP contribution >= 0.6 is 0 Å². The first kappa shape index (κ1) is 27.3. The Labute approximate surface area is 263 Å². The van der Waals surface area contributed by atoms with Crippen LogP contribution in [0.5, 0.6) is 0 Å². The Kier molecular flexibility index (Phi) is 7.10. The Bertz CT molecular complexity index is 1860. The van der Waals surface area contributed by atoms with E-state index >= 15 is 0 Å². The molecule has 0 bridgehead atoms. The van der Waals surface area contributed by atoms with E-state index in [4.69, 9.17) is 9.97 Å². The van der Waals surface area contributed by atoms with Gasteiger partial charge in [-0.3, -0.25) is 4.79 Å². The van der Waals surface area contributed by atoms with Gasteiger partial charge in [0, 0.05) is 44.1 Å². The number of amides is 1. The van der Waals surface area contributed by atoms with Crippen LogP contribution in [0.25, 0.3) is 0 Å². The van der Waals surface area contributed by atoms with Crippen LogP contribution in [0.4, 0.5) is 0 Å². The number of hydrogen-bond acceptors (Lipinski definition) is 3. The van der Waals surface area contributed by atoms with Crippen molar-refractivity contribution < 1.29 is 4.79 Å². The lowest BCUT2D eigenvalue weighted by Gasteiger charge is -2.32. The number of carbonyl (C=O) groups is 1. The van der Waals surface area contributed by atoms with Crippen molar-refractivity contribution >= 4 is 5.91 Å². The molecule has 8 rings (SSSR count). The van der Waals surface area contributed by atoms with Crippen LogP contribution in [0, 0.1) is 11.8 Å². The zero-order chi connectivity index (χ0) is 30.2. The van der Waals surface area contributed by atoms with E-state index < -0.39 is 0 Å². The summed E-state index contributed by atoms with van der Waals surface area (Å²) in [6.07, 6.45) is 6.73. The minimum absolute atomic E-state index is 0.0527. The summed E-state index contributed by atoms with van der Waals surface area (Å²) in [4.78, 5) is 26.6. The van der Waals surface area contributed by atoms with Gasteiger partial charge >= 0.3 is 0 Å². The first-order valence-corrected chi connectivity index (χ1v) is 15.8. The molecule has 3 heterocycles. The smallest absolute Gasteiger partial charge is 0.227 e. The third-order valence-electron chi connectivity index (χ3n) is 9.54. The quantitative estimate of drug-likeness (QED) is 0.198. The largest absolute Gasteiger partial charge is 0.333 e. The van der Waals surface area contributed by atoms with E-state index in [1.165, 1.54) is 16.8 Å². The van der Waals surface area contributed by atoms with Gasteiger partial charge in [-0.15, -0.1) is 0 Å². The van der Waals surface area contributed by atoms with Crippen molar-refractivity contribution in [2.75, 3.05) is 6.54 Å².